The molecule has 0 radical (unpaired) electrons. The van der Waals surface area contributed by atoms with Crippen LogP contribution in [0.2, 0.25) is 0 Å². The van der Waals surface area contributed by atoms with E-state index in [0.717, 1.165) is 0 Å². The van der Waals surface area contributed by atoms with E-state index in [2.05, 4.69) is 9.47 Å². The van der Waals surface area contributed by atoms with Gasteiger partial charge in [-0.15, -0.1) is 0 Å². The molecule has 16 heavy (non-hydrogen) atoms. The molecule has 0 fully saturated rings. The van der Waals surface area contributed by atoms with Crippen LogP contribution < -0.4 is 0 Å². The third kappa shape index (κ3) is 9.72. The third-order valence-electron chi connectivity index (χ3n) is 1.43. The van der Waals surface area contributed by atoms with Crippen LogP contribution in [0.15, 0.2) is 0 Å². The van der Waals surface area contributed by atoms with E-state index in [-0.39, 0.29) is 13.2 Å². The number of ether oxygens (including phenoxy) is 3. The van der Waals surface area contributed by atoms with Crippen molar-refractivity contribution in [3.63, 3.8) is 0 Å². The first-order valence-corrected chi connectivity index (χ1v) is 4.77. The monoisotopic (exact) mass is 244 g/mol. The predicted molar refractivity (Wildman–Crippen MR) is 48.9 cm³/mol. The quantitative estimate of drug-likeness (QED) is 0.637. The van der Waals surface area contributed by atoms with E-state index in [1.165, 1.54) is 6.92 Å². The van der Waals surface area contributed by atoms with Gasteiger partial charge in [0.1, 0.15) is 19.8 Å². The summed E-state index contributed by atoms with van der Waals surface area (Å²) in [6, 6.07) is 0. The van der Waals surface area contributed by atoms with Crippen molar-refractivity contribution in [3.8, 4) is 0 Å². The lowest BCUT2D eigenvalue weighted by Crippen LogP contribution is -2.26. The van der Waals surface area contributed by atoms with E-state index in [9.17, 15) is 18.0 Å². The summed E-state index contributed by atoms with van der Waals surface area (Å²) in [7, 11) is 0. The number of hydrogen-bond acceptors (Lipinski definition) is 4. The lowest BCUT2D eigenvalue weighted by Gasteiger charge is -2.14. The van der Waals surface area contributed by atoms with Crippen molar-refractivity contribution in [2.24, 2.45) is 0 Å². The van der Waals surface area contributed by atoms with Crippen LogP contribution in [-0.4, -0.2) is 44.7 Å². The standard InChI is InChI=1S/C9H15F3O4/c1-3-14-5-8(13)15-4-7(2)16-6-9(10,11)12/h7H,3-6H2,1-2H3. The smallest absolute Gasteiger partial charge is 0.411 e. The maximum Gasteiger partial charge on any atom is 0.411 e. The van der Waals surface area contributed by atoms with Gasteiger partial charge in [0.25, 0.3) is 0 Å². The molecule has 0 aliphatic rings. The number of carbonyl (C=O) groups is 1. The highest BCUT2D eigenvalue weighted by atomic mass is 19.4. The number of alkyl halides is 3. The zero-order chi connectivity index (χ0) is 12.6. The van der Waals surface area contributed by atoms with E-state index < -0.39 is 24.9 Å². The van der Waals surface area contributed by atoms with Gasteiger partial charge in [-0.05, 0) is 13.8 Å². The Balaban J connectivity index is 3.57. The van der Waals surface area contributed by atoms with Gasteiger partial charge in [0, 0.05) is 6.61 Å². The number of halogens is 3. The molecule has 0 rings (SSSR count). The first kappa shape index (κ1) is 15.2. The lowest BCUT2D eigenvalue weighted by atomic mass is 10.4. The van der Waals surface area contributed by atoms with Gasteiger partial charge in [-0.25, -0.2) is 4.79 Å². The van der Waals surface area contributed by atoms with Crippen LogP contribution in [0.3, 0.4) is 0 Å². The molecular formula is C9H15F3O4. The van der Waals surface area contributed by atoms with Crippen molar-refractivity contribution in [3.05, 3.63) is 0 Å². The lowest BCUT2D eigenvalue weighted by molar-refractivity contribution is -0.189. The highest BCUT2D eigenvalue weighted by Crippen LogP contribution is 2.15. The molecule has 0 aliphatic carbocycles. The summed E-state index contributed by atoms with van der Waals surface area (Å²) >= 11 is 0. The van der Waals surface area contributed by atoms with Crippen molar-refractivity contribution < 1.29 is 32.2 Å². The van der Waals surface area contributed by atoms with Gasteiger partial charge < -0.3 is 14.2 Å². The molecule has 4 nitrogen and oxygen atoms in total. The van der Waals surface area contributed by atoms with Crippen molar-refractivity contribution in [2.75, 3.05) is 26.4 Å². The van der Waals surface area contributed by atoms with Crippen LogP contribution in [0.5, 0.6) is 0 Å². The van der Waals surface area contributed by atoms with Gasteiger partial charge in [0.2, 0.25) is 0 Å². The molecule has 1 atom stereocenters. The zero-order valence-electron chi connectivity index (χ0n) is 9.17. The summed E-state index contributed by atoms with van der Waals surface area (Å²) in [6.07, 6.45) is -5.17. The minimum absolute atomic E-state index is 0.206. The minimum atomic E-state index is -4.37. The first-order valence-electron chi connectivity index (χ1n) is 4.77. The highest BCUT2D eigenvalue weighted by Gasteiger charge is 2.28. The SMILES string of the molecule is CCOCC(=O)OCC(C)OCC(F)(F)F. The molecule has 0 amide bonds. The average molecular weight is 244 g/mol. The Morgan fingerprint density at radius 2 is 2.00 bits per heavy atom. The van der Waals surface area contributed by atoms with Gasteiger partial charge >= 0.3 is 12.1 Å². The minimum Gasteiger partial charge on any atom is -0.461 e. The number of rotatable bonds is 7. The van der Waals surface area contributed by atoms with Gasteiger partial charge in [0.15, 0.2) is 0 Å². The normalized spacial score (nSPS) is 13.6. The van der Waals surface area contributed by atoms with Crippen molar-refractivity contribution >= 4 is 5.97 Å². The van der Waals surface area contributed by atoms with Crippen molar-refractivity contribution in [2.45, 2.75) is 26.1 Å². The summed E-state index contributed by atoms with van der Waals surface area (Å²) in [5, 5.41) is 0. The second-order valence-corrected chi connectivity index (χ2v) is 3.06. The van der Waals surface area contributed by atoms with E-state index in [1.807, 2.05) is 0 Å². The Labute approximate surface area is 91.7 Å². The Kier molecular flexibility index (Phi) is 7.07. The fraction of sp³-hybridized carbons (Fsp3) is 0.889. The fourth-order valence-electron chi connectivity index (χ4n) is 0.722. The van der Waals surface area contributed by atoms with Crippen LogP contribution in [0, 0.1) is 0 Å². The molecule has 0 bridgehead atoms. The summed E-state index contributed by atoms with van der Waals surface area (Å²) in [5.74, 6) is -0.621. The topological polar surface area (TPSA) is 44.8 Å². The molecule has 0 aliphatic heterocycles. The molecule has 0 aromatic heterocycles. The number of esters is 1. The first-order chi connectivity index (χ1) is 7.35. The zero-order valence-corrected chi connectivity index (χ0v) is 9.17. The maximum atomic E-state index is 11.7. The Hall–Kier alpha value is -0.820. The Morgan fingerprint density at radius 1 is 1.38 bits per heavy atom. The van der Waals surface area contributed by atoms with Crippen LogP contribution in [-0.2, 0) is 19.0 Å². The molecule has 0 N–H and O–H groups in total. The summed E-state index contributed by atoms with van der Waals surface area (Å²) in [5.41, 5.74) is 0. The predicted octanol–water partition coefficient (Wildman–Crippen LogP) is 1.53. The van der Waals surface area contributed by atoms with Crippen molar-refractivity contribution in [1.82, 2.24) is 0 Å². The van der Waals surface area contributed by atoms with Gasteiger partial charge in [-0.3, -0.25) is 0 Å². The van der Waals surface area contributed by atoms with E-state index >= 15 is 0 Å². The van der Waals surface area contributed by atoms with Crippen LogP contribution in [0.25, 0.3) is 0 Å². The van der Waals surface area contributed by atoms with Crippen LogP contribution >= 0.6 is 0 Å². The van der Waals surface area contributed by atoms with Crippen LogP contribution in [0.4, 0.5) is 13.2 Å². The summed E-state index contributed by atoms with van der Waals surface area (Å²) in [4.78, 5) is 10.9. The van der Waals surface area contributed by atoms with E-state index in [1.54, 1.807) is 6.92 Å². The largest absolute Gasteiger partial charge is 0.461 e. The molecule has 0 heterocycles. The molecule has 96 valence electrons. The Morgan fingerprint density at radius 3 is 2.50 bits per heavy atom. The average Bonchev–Trinajstić information content (AvgIpc) is 2.19. The fourth-order valence-corrected chi connectivity index (χ4v) is 0.722. The second kappa shape index (κ2) is 7.45. The maximum absolute atomic E-state index is 11.7. The third-order valence-corrected chi connectivity index (χ3v) is 1.43. The van der Waals surface area contributed by atoms with E-state index in [0.29, 0.717) is 6.61 Å². The second-order valence-electron chi connectivity index (χ2n) is 3.06. The molecule has 0 saturated carbocycles. The molecule has 0 saturated heterocycles. The number of carbonyl (C=O) groups excluding carboxylic acids is 1. The molecular weight excluding hydrogens is 229 g/mol. The Bertz CT molecular complexity index is 205. The van der Waals surface area contributed by atoms with E-state index in [4.69, 9.17) is 4.74 Å². The van der Waals surface area contributed by atoms with Crippen molar-refractivity contribution in [1.29, 1.82) is 0 Å². The molecule has 0 aromatic carbocycles. The molecule has 0 spiro atoms. The summed E-state index contributed by atoms with van der Waals surface area (Å²) < 4.78 is 49.0. The van der Waals surface area contributed by atoms with Gasteiger partial charge in [-0.1, -0.05) is 0 Å². The summed E-state index contributed by atoms with van der Waals surface area (Å²) in [6.45, 7) is 1.69. The van der Waals surface area contributed by atoms with Crippen LogP contribution in [0.1, 0.15) is 13.8 Å². The molecule has 7 heteroatoms. The highest BCUT2D eigenvalue weighted by molar-refractivity contribution is 5.70. The van der Waals surface area contributed by atoms with Gasteiger partial charge in [-0.2, -0.15) is 13.2 Å². The molecule has 0 aromatic rings. The molecule has 1 unspecified atom stereocenters. The van der Waals surface area contributed by atoms with Gasteiger partial charge in [0.05, 0.1) is 6.10 Å². The number of hydrogen-bond donors (Lipinski definition) is 0.